The third kappa shape index (κ3) is 5.28. The van der Waals surface area contributed by atoms with Gasteiger partial charge in [-0.2, -0.15) is 5.26 Å². The molecule has 2 aromatic rings. The Morgan fingerprint density at radius 3 is 3.00 bits per heavy atom. The van der Waals surface area contributed by atoms with E-state index in [1.54, 1.807) is 35.6 Å². The minimum absolute atomic E-state index is 0.00177. The highest BCUT2D eigenvalue weighted by molar-refractivity contribution is 7.09. The Bertz CT molecular complexity index is 617. The molecule has 0 saturated heterocycles. The van der Waals surface area contributed by atoms with Crippen molar-refractivity contribution >= 4 is 22.9 Å². The second kappa shape index (κ2) is 8.08. The predicted octanol–water partition coefficient (Wildman–Crippen LogP) is 3.61. The van der Waals surface area contributed by atoms with Crippen LogP contribution in [0.1, 0.15) is 17.7 Å². The van der Waals surface area contributed by atoms with Gasteiger partial charge in [0.2, 0.25) is 5.91 Å². The Hall–Kier alpha value is -2.32. The van der Waals surface area contributed by atoms with Gasteiger partial charge in [0.1, 0.15) is 11.8 Å². The van der Waals surface area contributed by atoms with Crippen molar-refractivity contribution in [3.05, 3.63) is 46.7 Å². The topological polar surface area (TPSA) is 62.1 Å². The first kappa shape index (κ1) is 15.1. The number of carbonyl (C=O) groups is 1. The van der Waals surface area contributed by atoms with Gasteiger partial charge in [-0.3, -0.25) is 4.79 Å². The number of amides is 1. The van der Waals surface area contributed by atoms with Gasteiger partial charge in [0.05, 0.1) is 0 Å². The standard InChI is InChI=1S/C16H16N2O2S/c17-9-10-20-14-5-1-4-13(12-14)18-16(19)8-2-6-15-7-3-11-21-15/h1,3-5,7,11-12H,2,6,8,10H2,(H,18,19). The molecule has 0 atom stereocenters. The lowest BCUT2D eigenvalue weighted by Gasteiger charge is -2.07. The van der Waals surface area contributed by atoms with Gasteiger partial charge in [0, 0.05) is 23.1 Å². The van der Waals surface area contributed by atoms with E-state index in [1.807, 2.05) is 17.5 Å². The summed E-state index contributed by atoms with van der Waals surface area (Å²) in [5, 5.41) is 13.4. The second-order valence-electron chi connectivity index (χ2n) is 4.46. The van der Waals surface area contributed by atoms with E-state index in [2.05, 4.69) is 11.4 Å². The Labute approximate surface area is 128 Å². The average Bonchev–Trinajstić information content (AvgIpc) is 2.99. The molecule has 0 aliphatic rings. The number of rotatable bonds is 7. The van der Waals surface area contributed by atoms with E-state index in [1.165, 1.54) is 4.88 Å². The van der Waals surface area contributed by atoms with Crippen LogP contribution >= 0.6 is 11.3 Å². The maximum Gasteiger partial charge on any atom is 0.224 e. The van der Waals surface area contributed by atoms with Crippen LogP contribution < -0.4 is 10.1 Å². The van der Waals surface area contributed by atoms with Crippen LogP contribution in [-0.4, -0.2) is 12.5 Å². The number of nitriles is 1. The van der Waals surface area contributed by atoms with E-state index in [0.29, 0.717) is 17.9 Å². The smallest absolute Gasteiger partial charge is 0.224 e. The highest BCUT2D eigenvalue weighted by Gasteiger charge is 2.04. The molecule has 1 aromatic carbocycles. The first-order valence-electron chi connectivity index (χ1n) is 6.70. The molecule has 21 heavy (non-hydrogen) atoms. The van der Waals surface area contributed by atoms with Crippen LogP contribution in [0.4, 0.5) is 5.69 Å². The van der Waals surface area contributed by atoms with Crippen LogP contribution in [0.3, 0.4) is 0 Å². The molecule has 0 spiro atoms. The summed E-state index contributed by atoms with van der Waals surface area (Å²) in [5.41, 5.74) is 0.687. The fraction of sp³-hybridized carbons (Fsp3) is 0.250. The Kier molecular flexibility index (Phi) is 5.80. The number of ether oxygens (including phenoxy) is 1. The van der Waals surface area contributed by atoms with Gasteiger partial charge in [0.15, 0.2) is 6.61 Å². The summed E-state index contributed by atoms with van der Waals surface area (Å²) in [5.74, 6) is 0.567. The molecule has 0 unspecified atom stereocenters. The summed E-state index contributed by atoms with van der Waals surface area (Å²) in [4.78, 5) is 13.2. The minimum Gasteiger partial charge on any atom is -0.479 e. The largest absolute Gasteiger partial charge is 0.479 e. The molecule has 4 nitrogen and oxygen atoms in total. The number of hydrogen-bond acceptors (Lipinski definition) is 4. The number of nitrogens with one attached hydrogen (secondary N) is 1. The Morgan fingerprint density at radius 1 is 1.33 bits per heavy atom. The van der Waals surface area contributed by atoms with Crippen molar-refractivity contribution in [1.82, 2.24) is 0 Å². The van der Waals surface area contributed by atoms with Gasteiger partial charge in [-0.25, -0.2) is 0 Å². The maximum absolute atomic E-state index is 11.9. The number of anilines is 1. The summed E-state index contributed by atoms with van der Waals surface area (Å²) < 4.78 is 5.20. The summed E-state index contributed by atoms with van der Waals surface area (Å²) in [6.45, 7) is -0.00177. The number of nitrogens with zero attached hydrogens (tertiary/aromatic N) is 1. The third-order valence-corrected chi connectivity index (χ3v) is 3.76. The van der Waals surface area contributed by atoms with Crippen LogP contribution in [0.5, 0.6) is 5.75 Å². The first-order chi connectivity index (χ1) is 10.3. The van der Waals surface area contributed by atoms with Gasteiger partial charge < -0.3 is 10.1 Å². The van der Waals surface area contributed by atoms with Gasteiger partial charge >= 0.3 is 0 Å². The summed E-state index contributed by atoms with van der Waals surface area (Å²) in [6.07, 6.45) is 2.24. The lowest BCUT2D eigenvalue weighted by molar-refractivity contribution is -0.116. The highest BCUT2D eigenvalue weighted by Crippen LogP contribution is 2.18. The zero-order chi connectivity index (χ0) is 14.9. The molecule has 0 aliphatic heterocycles. The van der Waals surface area contributed by atoms with Crippen molar-refractivity contribution in [2.45, 2.75) is 19.3 Å². The first-order valence-corrected chi connectivity index (χ1v) is 7.58. The second-order valence-corrected chi connectivity index (χ2v) is 5.49. The van der Waals surface area contributed by atoms with E-state index < -0.39 is 0 Å². The Morgan fingerprint density at radius 2 is 2.24 bits per heavy atom. The molecule has 0 aliphatic carbocycles. The molecular formula is C16H16N2O2S. The quantitative estimate of drug-likeness (QED) is 0.849. The molecule has 1 aromatic heterocycles. The van der Waals surface area contributed by atoms with Gasteiger partial charge in [-0.15, -0.1) is 11.3 Å². The van der Waals surface area contributed by atoms with E-state index in [9.17, 15) is 4.79 Å². The zero-order valence-electron chi connectivity index (χ0n) is 11.5. The number of thiophene rings is 1. The van der Waals surface area contributed by atoms with Gasteiger partial charge in [0.25, 0.3) is 0 Å². The molecule has 2 rings (SSSR count). The third-order valence-electron chi connectivity index (χ3n) is 2.83. The molecule has 0 bridgehead atoms. The van der Waals surface area contributed by atoms with Crippen molar-refractivity contribution in [3.8, 4) is 11.8 Å². The van der Waals surface area contributed by atoms with Crippen molar-refractivity contribution in [2.75, 3.05) is 11.9 Å². The molecular weight excluding hydrogens is 284 g/mol. The monoisotopic (exact) mass is 300 g/mol. The number of carbonyl (C=O) groups excluding carboxylic acids is 1. The zero-order valence-corrected chi connectivity index (χ0v) is 12.4. The predicted molar refractivity (Wildman–Crippen MR) is 83.4 cm³/mol. The molecule has 1 N–H and O–H groups in total. The molecule has 1 amide bonds. The number of aryl methyl sites for hydroxylation is 1. The van der Waals surface area contributed by atoms with Crippen LogP contribution in [0, 0.1) is 11.3 Å². The lowest BCUT2D eigenvalue weighted by Crippen LogP contribution is -2.11. The molecule has 5 heteroatoms. The highest BCUT2D eigenvalue weighted by atomic mass is 32.1. The van der Waals surface area contributed by atoms with Crippen molar-refractivity contribution < 1.29 is 9.53 Å². The molecule has 0 saturated carbocycles. The summed E-state index contributed by atoms with van der Waals surface area (Å²) in [7, 11) is 0. The molecule has 1 heterocycles. The summed E-state index contributed by atoms with van der Waals surface area (Å²) in [6, 6.07) is 13.1. The normalized spacial score (nSPS) is 9.86. The lowest BCUT2D eigenvalue weighted by atomic mass is 10.2. The van der Waals surface area contributed by atoms with Crippen LogP contribution in [-0.2, 0) is 11.2 Å². The van der Waals surface area contributed by atoms with Crippen molar-refractivity contribution in [2.24, 2.45) is 0 Å². The van der Waals surface area contributed by atoms with E-state index in [0.717, 1.165) is 12.8 Å². The molecule has 108 valence electrons. The maximum atomic E-state index is 11.9. The molecule has 0 radical (unpaired) electrons. The summed E-state index contributed by atoms with van der Waals surface area (Å²) >= 11 is 1.71. The van der Waals surface area contributed by atoms with Crippen LogP contribution in [0.15, 0.2) is 41.8 Å². The van der Waals surface area contributed by atoms with E-state index in [-0.39, 0.29) is 12.5 Å². The van der Waals surface area contributed by atoms with Gasteiger partial charge in [-0.1, -0.05) is 12.1 Å². The van der Waals surface area contributed by atoms with Crippen molar-refractivity contribution in [1.29, 1.82) is 5.26 Å². The number of benzene rings is 1. The molecule has 0 fully saturated rings. The number of hydrogen-bond donors (Lipinski definition) is 1. The van der Waals surface area contributed by atoms with E-state index >= 15 is 0 Å². The van der Waals surface area contributed by atoms with Crippen LogP contribution in [0.2, 0.25) is 0 Å². The SMILES string of the molecule is N#CCOc1cccc(NC(=O)CCCc2cccs2)c1. The van der Waals surface area contributed by atoms with Gasteiger partial charge in [-0.05, 0) is 36.4 Å². The Balaban J connectivity index is 1.78. The fourth-order valence-corrected chi connectivity index (χ4v) is 2.63. The average molecular weight is 300 g/mol. The van der Waals surface area contributed by atoms with Crippen LogP contribution in [0.25, 0.3) is 0 Å². The minimum atomic E-state index is -0.0102. The van der Waals surface area contributed by atoms with Crippen molar-refractivity contribution in [3.63, 3.8) is 0 Å². The fourth-order valence-electron chi connectivity index (χ4n) is 1.88. The van der Waals surface area contributed by atoms with E-state index in [4.69, 9.17) is 10.00 Å².